The zero-order chi connectivity index (χ0) is 11.6. The first kappa shape index (κ1) is 14.6. The van der Waals surface area contributed by atoms with E-state index in [9.17, 15) is 5.11 Å². The van der Waals surface area contributed by atoms with Gasteiger partial charge in [-0.25, -0.2) is 0 Å². The minimum atomic E-state index is -1.27. The highest BCUT2D eigenvalue weighted by Gasteiger charge is 2.34. The topological polar surface area (TPSA) is 20.2 Å². The lowest BCUT2D eigenvalue weighted by Gasteiger charge is -2.35. The van der Waals surface area contributed by atoms with Crippen LogP contribution in [-0.4, -0.2) is 35.6 Å². The molecule has 0 aromatic rings. The van der Waals surface area contributed by atoms with Crippen LogP contribution in [0, 0.1) is 0 Å². The van der Waals surface area contributed by atoms with Gasteiger partial charge in [-0.05, 0) is 0 Å². The monoisotopic (exact) mass is 248 g/mol. The minimum absolute atomic E-state index is 0.467. The molecule has 0 unspecified atom stereocenters. The zero-order valence-corrected chi connectivity index (χ0v) is 14.1. The van der Waals surface area contributed by atoms with Crippen molar-refractivity contribution < 1.29 is 5.11 Å². The molecule has 86 valence electrons. The molecule has 0 aliphatic rings. The van der Waals surface area contributed by atoms with Crippen LogP contribution in [0.25, 0.3) is 0 Å². The Kier molecular flexibility index (Phi) is 4.84. The Hall–Kier alpha value is 0.611. The second-order valence-corrected chi connectivity index (χ2v) is 24.3. The first-order chi connectivity index (χ1) is 5.97. The Morgan fingerprint density at radius 1 is 0.714 bits per heavy atom. The molecule has 0 saturated carbocycles. The molecule has 0 heterocycles. The number of aliphatic hydroxyl groups excluding tert-OH is 1. The number of hydrogen-bond donors (Lipinski definition) is 1. The van der Waals surface area contributed by atoms with Gasteiger partial charge in [0.05, 0.1) is 8.07 Å². The minimum Gasteiger partial charge on any atom is -0.400 e. The summed E-state index contributed by atoms with van der Waals surface area (Å²) in [5.74, 6) is 0. The van der Waals surface area contributed by atoms with Crippen molar-refractivity contribution in [2.75, 3.05) is 6.23 Å². The standard InChI is InChI=1S/C10H28OSi3/c1-12(2,3)9-14(6,7)10-13(4,5)8-11/h11H,8-10H2,1-7H3. The van der Waals surface area contributed by atoms with E-state index in [0.717, 1.165) is 0 Å². The van der Waals surface area contributed by atoms with Crippen LogP contribution in [0.3, 0.4) is 0 Å². The smallest absolute Gasteiger partial charge is 0.0747 e. The maximum Gasteiger partial charge on any atom is 0.0747 e. The molecule has 0 amide bonds. The second-order valence-electron chi connectivity index (χ2n) is 7.40. The van der Waals surface area contributed by atoms with Gasteiger partial charge in [0, 0.05) is 22.4 Å². The maximum absolute atomic E-state index is 9.35. The van der Waals surface area contributed by atoms with Gasteiger partial charge in [0.1, 0.15) is 0 Å². The van der Waals surface area contributed by atoms with E-state index in [1.807, 2.05) is 0 Å². The van der Waals surface area contributed by atoms with Gasteiger partial charge < -0.3 is 5.11 Å². The van der Waals surface area contributed by atoms with Gasteiger partial charge in [-0.1, -0.05) is 57.2 Å². The lowest BCUT2D eigenvalue weighted by molar-refractivity contribution is 0.358. The molecule has 1 nitrogen and oxygen atoms in total. The largest absolute Gasteiger partial charge is 0.400 e. The van der Waals surface area contributed by atoms with E-state index in [0.29, 0.717) is 6.23 Å². The molecule has 0 rings (SSSR count). The van der Waals surface area contributed by atoms with Crippen molar-refractivity contribution in [2.45, 2.75) is 57.2 Å². The van der Waals surface area contributed by atoms with Gasteiger partial charge in [0.15, 0.2) is 0 Å². The molecule has 0 atom stereocenters. The van der Waals surface area contributed by atoms with E-state index in [1.165, 1.54) is 11.3 Å². The van der Waals surface area contributed by atoms with Crippen LogP contribution in [0.4, 0.5) is 0 Å². The maximum atomic E-state index is 9.35. The highest BCUT2D eigenvalue weighted by atomic mass is 28.4. The number of rotatable bonds is 5. The van der Waals surface area contributed by atoms with Crippen molar-refractivity contribution in [2.24, 2.45) is 0 Å². The third-order valence-electron chi connectivity index (χ3n) is 2.39. The number of aliphatic hydroxyl groups is 1. The van der Waals surface area contributed by atoms with Crippen LogP contribution in [0.15, 0.2) is 0 Å². The Bertz CT molecular complexity index is 182. The van der Waals surface area contributed by atoms with E-state index in [-0.39, 0.29) is 0 Å². The molecule has 0 aromatic heterocycles. The SMILES string of the molecule is C[Si](C)(C)C[Si](C)(C)C[Si](C)(C)CO. The number of hydrogen-bond acceptors (Lipinski definition) is 1. The predicted octanol–water partition coefficient (Wildman–Crippen LogP) is 3.35. The van der Waals surface area contributed by atoms with Gasteiger partial charge in [-0.2, -0.15) is 0 Å². The third-order valence-corrected chi connectivity index (χ3v) is 19.0. The molecule has 0 aromatic carbocycles. The van der Waals surface area contributed by atoms with Gasteiger partial charge >= 0.3 is 0 Å². The highest BCUT2D eigenvalue weighted by Crippen LogP contribution is 2.27. The van der Waals surface area contributed by atoms with Crippen LogP contribution in [0.1, 0.15) is 0 Å². The summed E-state index contributed by atoms with van der Waals surface area (Å²) in [6, 6.07) is 0. The first-order valence-electron chi connectivity index (χ1n) is 5.58. The van der Waals surface area contributed by atoms with Crippen molar-refractivity contribution in [1.82, 2.24) is 0 Å². The molecule has 0 aliphatic heterocycles. The summed E-state index contributed by atoms with van der Waals surface area (Å²) in [4.78, 5) is 0. The molecular formula is C10H28OSi3. The first-order valence-corrected chi connectivity index (χ1v) is 16.1. The second kappa shape index (κ2) is 4.63. The fourth-order valence-corrected chi connectivity index (χ4v) is 26.8. The van der Waals surface area contributed by atoms with Crippen LogP contribution < -0.4 is 0 Å². The summed E-state index contributed by atoms with van der Waals surface area (Å²) in [6.07, 6.45) is 0.467. The summed E-state index contributed by atoms with van der Waals surface area (Å²) in [5, 5.41) is 9.35. The quantitative estimate of drug-likeness (QED) is 0.740. The van der Waals surface area contributed by atoms with E-state index >= 15 is 0 Å². The van der Waals surface area contributed by atoms with E-state index in [1.54, 1.807) is 0 Å². The average molecular weight is 249 g/mol. The van der Waals surface area contributed by atoms with E-state index < -0.39 is 24.2 Å². The van der Waals surface area contributed by atoms with E-state index in [2.05, 4.69) is 45.8 Å². The molecular weight excluding hydrogens is 220 g/mol. The van der Waals surface area contributed by atoms with Crippen LogP contribution >= 0.6 is 0 Å². The lowest BCUT2D eigenvalue weighted by Crippen LogP contribution is -2.46. The molecule has 0 aliphatic carbocycles. The van der Waals surface area contributed by atoms with Gasteiger partial charge in [0.25, 0.3) is 0 Å². The van der Waals surface area contributed by atoms with Crippen molar-refractivity contribution >= 4 is 24.2 Å². The zero-order valence-electron chi connectivity index (χ0n) is 11.1. The molecule has 0 saturated heterocycles. The summed E-state index contributed by atoms with van der Waals surface area (Å²) in [5.41, 5.74) is 2.90. The average Bonchev–Trinajstić information content (AvgIpc) is 1.78. The molecule has 14 heavy (non-hydrogen) atoms. The molecule has 4 heteroatoms. The molecule has 0 spiro atoms. The van der Waals surface area contributed by atoms with E-state index in [4.69, 9.17) is 0 Å². The summed E-state index contributed by atoms with van der Waals surface area (Å²) < 4.78 is 0. The highest BCUT2D eigenvalue weighted by molar-refractivity contribution is 7.02. The Morgan fingerprint density at radius 3 is 1.43 bits per heavy atom. The fraction of sp³-hybridized carbons (Fsp3) is 1.00. The predicted molar refractivity (Wildman–Crippen MR) is 75.0 cm³/mol. The normalized spacial score (nSPS) is 14.6. The van der Waals surface area contributed by atoms with Crippen molar-refractivity contribution in [3.63, 3.8) is 0 Å². The Labute approximate surface area is 93.0 Å². The Morgan fingerprint density at radius 2 is 1.14 bits per heavy atom. The molecule has 0 radical (unpaired) electrons. The summed E-state index contributed by atoms with van der Waals surface area (Å²) in [6.45, 7) is 17.1. The Balaban J connectivity index is 4.35. The lowest BCUT2D eigenvalue weighted by atomic mass is 11.6. The summed E-state index contributed by atoms with van der Waals surface area (Å²) in [7, 11) is -3.21. The van der Waals surface area contributed by atoms with Crippen molar-refractivity contribution in [3.8, 4) is 0 Å². The molecule has 0 bridgehead atoms. The van der Waals surface area contributed by atoms with Crippen LogP contribution in [0.2, 0.25) is 57.2 Å². The van der Waals surface area contributed by atoms with Gasteiger partial charge in [-0.15, -0.1) is 0 Å². The van der Waals surface area contributed by atoms with Crippen molar-refractivity contribution in [3.05, 3.63) is 0 Å². The molecule has 0 fully saturated rings. The molecule has 1 N–H and O–H groups in total. The van der Waals surface area contributed by atoms with Gasteiger partial charge in [-0.3, -0.25) is 0 Å². The fourth-order valence-electron chi connectivity index (χ4n) is 2.85. The van der Waals surface area contributed by atoms with Crippen molar-refractivity contribution in [1.29, 1.82) is 0 Å². The third kappa shape index (κ3) is 6.98. The van der Waals surface area contributed by atoms with Crippen LogP contribution in [0.5, 0.6) is 0 Å². The van der Waals surface area contributed by atoms with Crippen LogP contribution in [-0.2, 0) is 0 Å². The summed E-state index contributed by atoms with van der Waals surface area (Å²) >= 11 is 0. The van der Waals surface area contributed by atoms with Gasteiger partial charge in [0.2, 0.25) is 0 Å².